The second-order valence-electron chi connectivity index (χ2n) is 5.38. The SMILES string of the molecule is C1CN[C@@H](CN2CCN3CCCC3C2)C1. The van der Waals surface area contributed by atoms with Gasteiger partial charge in [0.25, 0.3) is 0 Å². The summed E-state index contributed by atoms with van der Waals surface area (Å²) in [5.41, 5.74) is 0. The minimum atomic E-state index is 0.790. The fourth-order valence-corrected chi connectivity index (χ4v) is 3.45. The number of hydrogen-bond donors (Lipinski definition) is 1. The van der Waals surface area contributed by atoms with Crippen LogP contribution in [0, 0.1) is 0 Å². The van der Waals surface area contributed by atoms with E-state index in [1.807, 2.05) is 0 Å². The molecule has 0 aromatic carbocycles. The molecule has 86 valence electrons. The van der Waals surface area contributed by atoms with Crippen molar-refractivity contribution in [3.63, 3.8) is 0 Å². The first-order valence-corrected chi connectivity index (χ1v) is 6.61. The van der Waals surface area contributed by atoms with Crippen molar-refractivity contribution in [3.05, 3.63) is 0 Å². The predicted octanol–water partition coefficient (Wildman–Crippen LogP) is 0.518. The second-order valence-corrected chi connectivity index (χ2v) is 5.38. The molecule has 0 aromatic heterocycles. The summed E-state index contributed by atoms with van der Waals surface area (Å²) in [6, 6.07) is 1.68. The van der Waals surface area contributed by atoms with E-state index in [2.05, 4.69) is 15.1 Å². The molecule has 0 saturated carbocycles. The maximum absolute atomic E-state index is 3.61. The molecule has 3 fully saturated rings. The van der Waals surface area contributed by atoms with Crippen LogP contribution in [-0.2, 0) is 0 Å². The number of fused-ring (bicyclic) bond motifs is 1. The normalized spacial score (nSPS) is 38.4. The van der Waals surface area contributed by atoms with Gasteiger partial charge in [-0.2, -0.15) is 0 Å². The molecule has 3 heteroatoms. The lowest BCUT2D eigenvalue weighted by Gasteiger charge is -2.38. The van der Waals surface area contributed by atoms with Gasteiger partial charge in [-0.05, 0) is 38.8 Å². The van der Waals surface area contributed by atoms with Gasteiger partial charge < -0.3 is 5.32 Å². The Morgan fingerprint density at radius 1 is 1.07 bits per heavy atom. The fraction of sp³-hybridized carbons (Fsp3) is 1.00. The fourth-order valence-electron chi connectivity index (χ4n) is 3.45. The van der Waals surface area contributed by atoms with Gasteiger partial charge in [0.05, 0.1) is 0 Å². The molecule has 3 heterocycles. The summed E-state index contributed by atoms with van der Waals surface area (Å²) in [5.74, 6) is 0. The molecule has 3 aliphatic heterocycles. The summed E-state index contributed by atoms with van der Waals surface area (Å²) in [4.78, 5) is 5.38. The molecular formula is C12H23N3. The van der Waals surface area contributed by atoms with Crippen molar-refractivity contribution in [2.45, 2.75) is 37.8 Å². The smallest absolute Gasteiger partial charge is 0.0224 e. The molecule has 0 amide bonds. The van der Waals surface area contributed by atoms with Crippen LogP contribution in [0.5, 0.6) is 0 Å². The van der Waals surface area contributed by atoms with Crippen LogP contribution < -0.4 is 5.32 Å². The topological polar surface area (TPSA) is 18.5 Å². The highest BCUT2D eigenvalue weighted by Crippen LogP contribution is 2.22. The zero-order valence-electron chi connectivity index (χ0n) is 9.62. The molecule has 0 spiro atoms. The molecule has 1 unspecified atom stereocenters. The van der Waals surface area contributed by atoms with Crippen molar-refractivity contribution in [2.75, 3.05) is 39.3 Å². The lowest BCUT2D eigenvalue weighted by molar-refractivity contribution is 0.0982. The highest BCUT2D eigenvalue weighted by Gasteiger charge is 2.31. The summed E-state index contributed by atoms with van der Waals surface area (Å²) in [5, 5.41) is 3.61. The van der Waals surface area contributed by atoms with E-state index in [9.17, 15) is 0 Å². The maximum Gasteiger partial charge on any atom is 0.0224 e. The van der Waals surface area contributed by atoms with E-state index in [-0.39, 0.29) is 0 Å². The van der Waals surface area contributed by atoms with Gasteiger partial charge in [-0.1, -0.05) is 0 Å². The number of nitrogens with one attached hydrogen (secondary N) is 1. The van der Waals surface area contributed by atoms with E-state index in [4.69, 9.17) is 0 Å². The van der Waals surface area contributed by atoms with Gasteiger partial charge in [0, 0.05) is 38.3 Å². The van der Waals surface area contributed by atoms with Gasteiger partial charge >= 0.3 is 0 Å². The molecule has 0 radical (unpaired) electrons. The summed E-state index contributed by atoms with van der Waals surface area (Å²) in [6.07, 6.45) is 5.65. The molecule has 1 N–H and O–H groups in total. The first-order valence-electron chi connectivity index (χ1n) is 6.61. The van der Waals surface area contributed by atoms with Gasteiger partial charge in [-0.25, -0.2) is 0 Å². The third kappa shape index (κ3) is 2.19. The van der Waals surface area contributed by atoms with Gasteiger partial charge in [-0.3, -0.25) is 9.80 Å². The quantitative estimate of drug-likeness (QED) is 0.715. The monoisotopic (exact) mass is 209 g/mol. The summed E-state index contributed by atoms with van der Waals surface area (Å²) < 4.78 is 0. The zero-order valence-corrected chi connectivity index (χ0v) is 9.62. The Balaban J connectivity index is 1.50. The molecule has 3 rings (SSSR count). The molecule has 15 heavy (non-hydrogen) atoms. The van der Waals surface area contributed by atoms with E-state index in [0.29, 0.717) is 0 Å². The van der Waals surface area contributed by atoms with E-state index < -0.39 is 0 Å². The Morgan fingerprint density at radius 3 is 2.93 bits per heavy atom. The minimum absolute atomic E-state index is 0.790. The van der Waals surface area contributed by atoms with Crippen LogP contribution >= 0.6 is 0 Å². The van der Waals surface area contributed by atoms with Gasteiger partial charge in [0.2, 0.25) is 0 Å². The Labute approximate surface area is 92.8 Å². The maximum atomic E-state index is 3.61. The van der Waals surface area contributed by atoms with Crippen molar-refractivity contribution in [2.24, 2.45) is 0 Å². The zero-order chi connectivity index (χ0) is 10.1. The summed E-state index contributed by atoms with van der Waals surface area (Å²) in [7, 11) is 0. The van der Waals surface area contributed by atoms with Crippen LogP contribution in [0.1, 0.15) is 25.7 Å². The molecule has 0 bridgehead atoms. The standard InChI is InChI=1S/C12H23N3/c1-3-11(13-5-1)9-14-7-8-15-6-2-4-12(15)10-14/h11-13H,1-10H2/t11-,12?/m1/s1. The minimum Gasteiger partial charge on any atom is -0.313 e. The number of piperazine rings is 1. The third-order valence-electron chi connectivity index (χ3n) is 4.31. The van der Waals surface area contributed by atoms with E-state index >= 15 is 0 Å². The highest BCUT2D eigenvalue weighted by molar-refractivity contribution is 4.89. The van der Waals surface area contributed by atoms with Crippen molar-refractivity contribution < 1.29 is 0 Å². The average Bonchev–Trinajstić information content (AvgIpc) is 2.87. The van der Waals surface area contributed by atoms with Crippen LogP contribution in [0.3, 0.4) is 0 Å². The Kier molecular flexibility index (Phi) is 2.95. The first-order chi connectivity index (χ1) is 7.42. The predicted molar refractivity (Wildman–Crippen MR) is 62.1 cm³/mol. The van der Waals surface area contributed by atoms with Crippen LogP contribution in [-0.4, -0.2) is 61.2 Å². The van der Waals surface area contributed by atoms with Crippen LogP contribution in [0.2, 0.25) is 0 Å². The van der Waals surface area contributed by atoms with E-state index in [1.54, 1.807) is 0 Å². The van der Waals surface area contributed by atoms with Crippen LogP contribution in [0.25, 0.3) is 0 Å². The van der Waals surface area contributed by atoms with E-state index in [1.165, 1.54) is 65.0 Å². The average molecular weight is 209 g/mol. The lowest BCUT2D eigenvalue weighted by Crippen LogP contribution is -2.52. The lowest BCUT2D eigenvalue weighted by atomic mass is 10.1. The molecule has 0 aromatic rings. The van der Waals surface area contributed by atoms with Crippen LogP contribution in [0.4, 0.5) is 0 Å². The number of nitrogens with zero attached hydrogens (tertiary/aromatic N) is 2. The number of hydrogen-bond acceptors (Lipinski definition) is 3. The Morgan fingerprint density at radius 2 is 2.07 bits per heavy atom. The van der Waals surface area contributed by atoms with Crippen LogP contribution in [0.15, 0.2) is 0 Å². The molecule has 3 nitrogen and oxygen atoms in total. The first kappa shape index (κ1) is 10.1. The third-order valence-corrected chi connectivity index (χ3v) is 4.31. The largest absolute Gasteiger partial charge is 0.313 e. The van der Waals surface area contributed by atoms with Gasteiger partial charge in [0.1, 0.15) is 0 Å². The van der Waals surface area contributed by atoms with Crippen molar-refractivity contribution in [3.8, 4) is 0 Å². The summed E-state index contributed by atoms with van der Waals surface area (Å²) >= 11 is 0. The van der Waals surface area contributed by atoms with Gasteiger partial charge in [0.15, 0.2) is 0 Å². The second kappa shape index (κ2) is 4.40. The Bertz CT molecular complexity index is 211. The number of rotatable bonds is 2. The summed E-state index contributed by atoms with van der Waals surface area (Å²) in [6.45, 7) is 7.85. The molecule has 3 aliphatic rings. The molecule has 0 aliphatic carbocycles. The molecular weight excluding hydrogens is 186 g/mol. The van der Waals surface area contributed by atoms with E-state index in [0.717, 1.165) is 12.1 Å². The Hall–Kier alpha value is -0.120. The molecule has 2 atom stereocenters. The molecule has 3 saturated heterocycles. The van der Waals surface area contributed by atoms with Crippen molar-refractivity contribution >= 4 is 0 Å². The van der Waals surface area contributed by atoms with Gasteiger partial charge in [-0.15, -0.1) is 0 Å². The van der Waals surface area contributed by atoms with Crippen molar-refractivity contribution in [1.29, 1.82) is 0 Å². The van der Waals surface area contributed by atoms with Crippen molar-refractivity contribution in [1.82, 2.24) is 15.1 Å². The highest BCUT2D eigenvalue weighted by atomic mass is 15.3.